The molecule has 1 saturated heterocycles. The third-order valence-corrected chi connectivity index (χ3v) is 7.58. The van der Waals surface area contributed by atoms with E-state index in [0.29, 0.717) is 12.1 Å². The highest BCUT2D eigenvalue weighted by Gasteiger charge is 2.53. The van der Waals surface area contributed by atoms with Crippen molar-refractivity contribution in [1.82, 2.24) is 14.5 Å². The number of thioether (sulfide) groups is 1. The number of carbonyl (C=O) groups is 4. The summed E-state index contributed by atoms with van der Waals surface area (Å²) in [5.74, 6) is -4.28. The van der Waals surface area contributed by atoms with Gasteiger partial charge in [0, 0.05) is 29.8 Å². The minimum atomic E-state index is -1.55. The van der Waals surface area contributed by atoms with E-state index in [-0.39, 0.29) is 34.7 Å². The van der Waals surface area contributed by atoms with Gasteiger partial charge in [-0.25, -0.2) is 18.7 Å². The van der Waals surface area contributed by atoms with E-state index in [4.69, 9.17) is 10.8 Å². The number of carboxylic acids is 2. The van der Waals surface area contributed by atoms with Crippen LogP contribution in [-0.4, -0.2) is 79.8 Å². The van der Waals surface area contributed by atoms with Crippen molar-refractivity contribution in [3.63, 3.8) is 0 Å². The van der Waals surface area contributed by atoms with Crippen LogP contribution in [0.3, 0.4) is 0 Å². The fourth-order valence-corrected chi connectivity index (χ4v) is 5.68. The molecule has 4 heterocycles. The normalized spacial score (nSPS) is 21.2. The molecule has 1 aromatic heterocycles. The maximum atomic E-state index is 12.9. The zero-order valence-corrected chi connectivity index (χ0v) is 21.0. The Labute approximate surface area is 222 Å². The number of carbonyl (C=O) groups excluding carboxylic acids is 3. The predicted molar refractivity (Wildman–Crippen MR) is 130 cm³/mol. The van der Waals surface area contributed by atoms with Crippen LogP contribution < -0.4 is 20.7 Å². The zero-order valence-electron chi connectivity index (χ0n) is 19.4. The van der Waals surface area contributed by atoms with Gasteiger partial charge >= 0.3 is 5.97 Å². The summed E-state index contributed by atoms with van der Waals surface area (Å²) in [4.78, 5) is 57.9. The Morgan fingerprint density at radius 3 is 2.74 bits per heavy atom. The van der Waals surface area contributed by atoms with Crippen LogP contribution in [-0.2, 0) is 25.8 Å². The second kappa shape index (κ2) is 11.5. The molecule has 14 nitrogen and oxygen atoms in total. The van der Waals surface area contributed by atoms with E-state index in [2.05, 4.69) is 20.3 Å². The van der Waals surface area contributed by atoms with Crippen molar-refractivity contribution in [2.75, 3.05) is 19.3 Å². The Morgan fingerprint density at radius 2 is 2.13 bits per heavy atom. The second-order valence-electron chi connectivity index (χ2n) is 7.77. The number of oxime groups is 1. The van der Waals surface area contributed by atoms with Gasteiger partial charge in [0.15, 0.2) is 24.1 Å². The van der Waals surface area contributed by atoms with Crippen LogP contribution in [0.15, 0.2) is 58.1 Å². The number of hydrogen-bond donors (Lipinski definition) is 3. The molecular formula is C21H20FN7O7S2. The number of amidine groups is 2. The lowest BCUT2D eigenvalue weighted by molar-refractivity contribution is -0.687. The summed E-state index contributed by atoms with van der Waals surface area (Å²) < 4.78 is 15.4. The Balaban J connectivity index is 1.45. The number of aliphatic imine (C=N–C) groups is 1. The lowest BCUT2D eigenvalue weighted by atomic mass is 10.0. The molecule has 0 bridgehead atoms. The molecule has 0 radical (unpaired) electrons. The maximum absolute atomic E-state index is 12.9. The van der Waals surface area contributed by atoms with Crippen molar-refractivity contribution in [2.45, 2.75) is 18.0 Å². The molecule has 0 saturated carbocycles. The van der Waals surface area contributed by atoms with Gasteiger partial charge in [0.05, 0.1) is 17.2 Å². The van der Waals surface area contributed by atoms with Gasteiger partial charge < -0.3 is 30.9 Å². The predicted octanol–water partition coefficient (Wildman–Crippen LogP) is -1.87. The van der Waals surface area contributed by atoms with Crippen molar-refractivity contribution in [2.24, 2.45) is 15.9 Å². The number of nitrogens with zero attached hydrogens (tertiary/aromatic N) is 5. The summed E-state index contributed by atoms with van der Waals surface area (Å²) in [6.07, 6.45) is 6.35. The first-order chi connectivity index (χ1) is 18.2. The fraction of sp³-hybridized carbons (Fsp3) is 0.286. The molecule has 1 aromatic rings. The summed E-state index contributed by atoms with van der Waals surface area (Å²) in [6, 6.07) is 1.79. The first-order valence-corrected chi connectivity index (χ1v) is 12.6. The molecule has 3 aliphatic heterocycles. The quantitative estimate of drug-likeness (QED) is 0.0798. The molecule has 3 aliphatic rings. The summed E-state index contributed by atoms with van der Waals surface area (Å²) in [7, 11) is 0. The van der Waals surface area contributed by atoms with E-state index < -0.39 is 42.0 Å². The Kier molecular flexibility index (Phi) is 8.16. The molecule has 4 N–H and O–H groups in total. The van der Waals surface area contributed by atoms with Crippen molar-refractivity contribution in [3.8, 4) is 0 Å². The van der Waals surface area contributed by atoms with Crippen LogP contribution in [0.2, 0.25) is 0 Å². The number of nitrogens with one attached hydrogen (secondary N) is 1. The topological polar surface area (TPSA) is 194 Å². The number of aliphatic carboxylic acids is 1. The number of amides is 2. The molecule has 0 aromatic carbocycles. The highest BCUT2D eigenvalue weighted by atomic mass is 32.2. The smallest absolute Gasteiger partial charge is 0.336 e. The van der Waals surface area contributed by atoms with E-state index in [1.165, 1.54) is 28.2 Å². The molecule has 0 unspecified atom stereocenters. The minimum Gasteiger partial charge on any atom is -0.543 e. The monoisotopic (exact) mass is 565 g/mol. The number of β-lactam (4-membered cyclic amide) rings is 1. The van der Waals surface area contributed by atoms with E-state index in [1.54, 1.807) is 29.1 Å². The highest BCUT2D eigenvalue weighted by Crippen LogP contribution is 2.40. The van der Waals surface area contributed by atoms with Gasteiger partial charge in [0.2, 0.25) is 5.84 Å². The number of rotatable bonds is 8. The second-order valence-corrected chi connectivity index (χ2v) is 9.92. The van der Waals surface area contributed by atoms with Crippen molar-refractivity contribution in [3.05, 3.63) is 53.5 Å². The Morgan fingerprint density at radius 1 is 1.39 bits per heavy atom. The zero-order chi connectivity index (χ0) is 27.4. The Hall–Kier alpha value is -4.12. The van der Waals surface area contributed by atoms with Crippen molar-refractivity contribution < 1.29 is 43.2 Å². The molecule has 2 amide bonds. The number of carboxylic acid groups (broad SMARTS) is 2. The molecule has 200 valence electrons. The summed E-state index contributed by atoms with van der Waals surface area (Å²) in [5.41, 5.74) is 5.75. The summed E-state index contributed by atoms with van der Waals surface area (Å²) in [5, 5.41) is 26.3. The lowest BCUT2D eigenvalue weighted by Gasteiger charge is -2.50. The Bertz CT molecular complexity index is 1280. The van der Waals surface area contributed by atoms with E-state index in [9.17, 15) is 28.7 Å². The molecule has 38 heavy (non-hydrogen) atoms. The van der Waals surface area contributed by atoms with E-state index in [1.807, 2.05) is 0 Å². The number of aromatic nitrogens is 1. The molecular weight excluding hydrogens is 545 g/mol. The standard InChI is InChI=1S/C21H20FN7O7S2/c22-9-36-26-15(28-10-24-21(23)38-28)16(30)25-13-17(31)29-14(20(34)35)12(8-37-18(13)29)2-1-5-27-6-3-11(4-7-27)19(32)33/h1-4,6-7,13,18H,5,8-10H2,(H4-,23,24,25,30,32,33,34,35)/b2-1+,26-15-/t13-,18-/m1/s1. The number of pyridine rings is 1. The molecule has 1 fully saturated rings. The molecule has 2 atom stereocenters. The van der Waals surface area contributed by atoms with Crippen LogP contribution in [0.4, 0.5) is 4.39 Å². The van der Waals surface area contributed by atoms with Gasteiger partial charge in [-0.05, 0) is 11.6 Å². The third kappa shape index (κ3) is 5.57. The minimum absolute atomic E-state index is 0.0451. The number of allylic oxidation sites excluding steroid dienone is 2. The highest BCUT2D eigenvalue weighted by molar-refractivity contribution is 8.12. The average Bonchev–Trinajstić information content (AvgIpc) is 3.32. The average molecular weight is 566 g/mol. The number of aromatic carboxylic acids is 1. The lowest BCUT2D eigenvalue weighted by Crippen LogP contribution is -2.71. The number of hydrogen-bond acceptors (Lipinski definition) is 11. The summed E-state index contributed by atoms with van der Waals surface area (Å²) >= 11 is 2.11. The number of nitrogens with two attached hydrogens (primary N) is 1. The number of fused-ring (bicyclic) bond motifs is 1. The van der Waals surface area contributed by atoms with E-state index in [0.717, 1.165) is 16.8 Å². The van der Waals surface area contributed by atoms with Crippen LogP contribution >= 0.6 is 23.7 Å². The van der Waals surface area contributed by atoms with Crippen LogP contribution in [0.5, 0.6) is 0 Å². The van der Waals surface area contributed by atoms with Gasteiger partial charge in [-0.15, -0.1) is 11.8 Å². The third-order valence-electron chi connectivity index (χ3n) is 5.45. The molecule has 4 rings (SSSR count). The molecule has 0 spiro atoms. The number of halogens is 1. The van der Waals surface area contributed by atoms with Gasteiger partial charge in [-0.1, -0.05) is 11.2 Å². The largest absolute Gasteiger partial charge is 0.543 e. The molecule has 0 aliphatic carbocycles. The van der Waals surface area contributed by atoms with Gasteiger partial charge in [0.1, 0.15) is 18.1 Å². The number of alkyl halides is 1. The van der Waals surface area contributed by atoms with Crippen LogP contribution in [0.1, 0.15) is 10.4 Å². The first-order valence-electron chi connectivity index (χ1n) is 10.8. The van der Waals surface area contributed by atoms with Crippen LogP contribution in [0.25, 0.3) is 0 Å². The SMILES string of the molecule is NC1=NCN(/C(=N\OCF)C(=O)N[C@@H]2C(=O)N3C(C(=O)[O-])=C(/C=C/C[n+]4ccc(C(=O)O)cc4)CS[C@H]23)S1. The summed E-state index contributed by atoms with van der Waals surface area (Å²) in [6.45, 7) is -1.02. The maximum Gasteiger partial charge on any atom is 0.336 e. The van der Waals surface area contributed by atoms with Crippen LogP contribution in [0, 0.1) is 0 Å². The van der Waals surface area contributed by atoms with Gasteiger partial charge in [-0.3, -0.25) is 18.8 Å². The first kappa shape index (κ1) is 26.9. The van der Waals surface area contributed by atoms with E-state index >= 15 is 0 Å². The van der Waals surface area contributed by atoms with Gasteiger partial charge in [-0.2, -0.15) is 0 Å². The fourth-order valence-electron chi connectivity index (χ4n) is 3.70. The molecule has 17 heteroatoms. The van der Waals surface area contributed by atoms with Crippen molar-refractivity contribution >= 4 is 58.5 Å². The van der Waals surface area contributed by atoms with Gasteiger partial charge in [0.25, 0.3) is 18.7 Å². The van der Waals surface area contributed by atoms with Crippen molar-refractivity contribution in [1.29, 1.82) is 0 Å².